The predicted octanol–water partition coefficient (Wildman–Crippen LogP) is 3.67. The second-order valence-corrected chi connectivity index (χ2v) is 13.7. The maximum atomic E-state index is 3.50. The Morgan fingerprint density at radius 3 is 2.41 bits per heavy atom. The van der Waals surface area contributed by atoms with Gasteiger partial charge in [0, 0.05) is 39.8 Å². The quantitative estimate of drug-likeness (QED) is 0.778. The van der Waals surface area contributed by atoms with E-state index in [0.717, 1.165) is 25.5 Å². The van der Waals surface area contributed by atoms with E-state index in [0.29, 0.717) is 11.8 Å². The SMILES string of the molecule is CN(C)c1ccc(C2=CC=CC3C2CCC3[Si](C)(C)N2CNCNC2)cc1. The summed E-state index contributed by atoms with van der Waals surface area (Å²) in [4.78, 5) is 2.17. The minimum Gasteiger partial charge on any atom is -0.378 e. The average molecular weight is 383 g/mol. The van der Waals surface area contributed by atoms with Crippen LogP contribution < -0.4 is 15.5 Å². The molecule has 1 heterocycles. The first kappa shape index (κ1) is 18.9. The molecular formula is C22H34N4Si. The first-order valence-corrected chi connectivity index (χ1v) is 13.3. The van der Waals surface area contributed by atoms with Crippen LogP contribution in [-0.4, -0.2) is 46.9 Å². The van der Waals surface area contributed by atoms with Gasteiger partial charge in [-0.15, -0.1) is 0 Å². The molecule has 0 amide bonds. The number of hydrogen-bond donors (Lipinski definition) is 2. The molecule has 0 radical (unpaired) electrons. The summed E-state index contributed by atoms with van der Waals surface area (Å²) in [5.41, 5.74) is 5.05. The van der Waals surface area contributed by atoms with Crippen molar-refractivity contribution in [2.75, 3.05) is 39.0 Å². The third-order valence-corrected chi connectivity index (χ3v) is 11.5. The van der Waals surface area contributed by atoms with Gasteiger partial charge in [0.25, 0.3) is 0 Å². The highest BCUT2D eigenvalue weighted by molar-refractivity contribution is 6.76. The minimum absolute atomic E-state index is 0.683. The van der Waals surface area contributed by atoms with Crippen LogP contribution in [0.4, 0.5) is 5.69 Å². The van der Waals surface area contributed by atoms with Gasteiger partial charge in [-0.1, -0.05) is 49.9 Å². The first-order chi connectivity index (χ1) is 13.0. The van der Waals surface area contributed by atoms with E-state index in [4.69, 9.17) is 0 Å². The van der Waals surface area contributed by atoms with Crippen LogP contribution in [0.3, 0.4) is 0 Å². The zero-order valence-electron chi connectivity index (χ0n) is 17.2. The number of anilines is 1. The van der Waals surface area contributed by atoms with E-state index in [1.165, 1.54) is 24.1 Å². The van der Waals surface area contributed by atoms with Crippen molar-refractivity contribution >= 4 is 19.5 Å². The molecule has 0 bridgehead atoms. The largest absolute Gasteiger partial charge is 0.378 e. The number of hydrogen-bond acceptors (Lipinski definition) is 4. The van der Waals surface area contributed by atoms with Gasteiger partial charge in [-0.3, -0.25) is 15.2 Å². The maximum absolute atomic E-state index is 3.50. The number of allylic oxidation sites excluding steroid dienone is 4. The zero-order chi connectivity index (χ0) is 19.0. The highest BCUT2D eigenvalue weighted by Crippen LogP contribution is 2.54. The van der Waals surface area contributed by atoms with Crippen LogP contribution in [0.15, 0.2) is 42.5 Å². The molecule has 146 valence electrons. The third-order valence-electron chi connectivity index (χ3n) is 7.02. The molecule has 0 spiro atoms. The lowest BCUT2D eigenvalue weighted by atomic mass is 9.81. The van der Waals surface area contributed by atoms with Crippen molar-refractivity contribution in [2.45, 2.75) is 31.5 Å². The Morgan fingerprint density at radius 2 is 1.74 bits per heavy atom. The molecule has 3 atom stereocenters. The van der Waals surface area contributed by atoms with Crippen LogP contribution in [0.5, 0.6) is 0 Å². The van der Waals surface area contributed by atoms with Gasteiger partial charge in [0.15, 0.2) is 0 Å². The Balaban J connectivity index is 1.55. The molecule has 3 unspecified atom stereocenters. The summed E-state index contributed by atoms with van der Waals surface area (Å²) >= 11 is 0. The van der Waals surface area contributed by atoms with Crippen molar-refractivity contribution < 1.29 is 0 Å². The van der Waals surface area contributed by atoms with E-state index < -0.39 is 8.24 Å². The fraction of sp³-hybridized carbons (Fsp3) is 0.545. The number of nitrogens with one attached hydrogen (secondary N) is 2. The van der Waals surface area contributed by atoms with Gasteiger partial charge < -0.3 is 4.90 Å². The maximum Gasteiger partial charge on any atom is 0.128 e. The van der Waals surface area contributed by atoms with E-state index in [1.807, 2.05) is 0 Å². The number of benzene rings is 1. The van der Waals surface area contributed by atoms with Crippen molar-refractivity contribution in [3.63, 3.8) is 0 Å². The molecule has 1 saturated carbocycles. The van der Waals surface area contributed by atoms with Gasteiger partial charge in [0.1, 0.15) is 8.24 Å². The summed E-state index contributed by atoms with van der Waals surface area (Å²) in [6.07, 6.45) is 9.90. The van der Waals surface area contributed by atoms with Crippen molar-refractivity contribution in [3.05, 3.63) is 48.1 Å². The lowest BCUT2D eigenvalue weighted by Crippen LogP contribution is -2.63. The summed E-state index contributed by atoms with van der Waals surface area (Å²) < 4.78 is 2.71. The molecule has 3 aliphatic rings. The molecule has 1 aliphatic heterocycles. The van der Waals surface area contributed by atoms with Crippen molar-refractivity contribution in [1.82, 2.24) is 15.2 Å². The fourth-order valence-corrected chi connectivity index (χ4v) is 8.99. The molecule has 1 saturated heterocycles. The van der Waals surface area contributed by atoms with Gasteiger partial charge in [0.05, 0.1) is 0 Å². The van der Waals surface area contributed by atoms with Crippen LogP contribution in [0.2, 0.25) is 18.6 Å². The fourth-order valence-electron chi connectivity index (χ4n) is 5.32. The summed E-state index contributed by atoms with van der Waals surface area (Å²) in [7, 11) is 2.70. The Bertz CT molecular complexity index is 716. The van der Waals surface area contributed by atoms with Crippen LogP contribution in [-0.2, 0) is 0 Å². The van der Waals surface area contributed by atoms with E-state index >= 15 is 0 Å². The van der Waals surface area contributed by atoms with Gasteiger partial charge in [-0.25, -0.2) is 0 Å². The Morgan fingerprint density at radius 1 is 1.04 bits per heavy atom. The normalized spacial score (nSPS) is 28.7. The zero-order valence-corrected chi connectivity index (χ0v) is 18.2. The van der Waals surface area contributed by atoms with Crippen LogP contribution >= 0.6 is 0 Å². The van der Waals surface area contributed by atoms with Crippen LogP contribution in [0, 0.1) is 11.8 Å². The van der Waals surface area contributed by atoms with Gasteiger partial charge in [-0.05, 0) is 47.1 Å². The number of nitrogens with zero attached hydrogens (tertiary/aromatic N) is 2. The van der Waals surface area contributed by atoms with E-state index in [9.17, 15) is 0 Å². The number of fused-ring (bicyclic) bond motifs is 1. The van der Waals surface area contributed by atoms with Gasteiger partial charge in [0.2, 0.25) is 0 Å². The lowest BCUT2D eigenvalue weighted by molar-refractivity contribution is 0.283. The summed E-state index contributed by atoms with van der Waals surface area (Å²) in [6, 6.07) is 9.12. The molecular weight excluding hydrogens is 348 g/mol. The average Bonchev–Trinajstić information content (AvgIpc) is 3.14. The van der Waals surface area contributed by atoms with Crippen LogP contribution in [0.1, 0.15) is 18.4 Å². The highest BCUT2D eigenvalue weighted by atomic mass is 28.3. The second kappa shape index (κ2) is 7.55. The molecule has 1 aromatic rings. The van der Waals surface area contributed by atoms with E-state index in [1.54, 1.807) is 5.57 Å². The van der Waals surface area contributed by atoms with E-state index in [2.05, 4.69) is 89.8 Å². The molecule has 2 fully saturated rings. The molecule has 2 N–H and O–H groups in total. The summed E-state index contributed by atoms with van der Waals surface area (Å²) in [6.45, 7) is 8.17. The molecule has 5 heteroatoms. The van der Waals surface area contributed by atoms with Gasteiger partial charge >= 0.3 is 0 Å². The third kappa shape index (κ3) is 3.54. The number of rotatable bonds is 4. The van der Waals surface area contributed by atoms with Crippen molar-refractivity contribution in [3.8, 4) is 0 Å². The Hall–Kier alpha value is -1.40. The van der Waals surface area contributed by atoms with Crippen molar-refractivity contribution in [2.24, 2.45) is 11.8 Å². The minimum atomic E-state index is -1.51. The summed E-state index contributed by atoms with van der Waals surface area (Å²) in [5, 5.41) is 7.00. The topological polar surface area (TPSA) is 30.5 Å². The molecule has 1 aromatic carbocycles. The van der Waals surface area contributed by atoms with Crippen molar-refractivity contribution in [1.29, 1.82) is 0 Å². The standard InChI is InChI=1S/C22H34N4Si/c1-25(2)18-10-8-17(9-11-18)19-6-5-7-21-20(19)12-13-22(21)27(3,4)26-15-23-14-24-16-26/h5-11,20-24H,12-16H2,1-4H3. The van der Waals surface area contributed by atoms with E-state index in [-0.39, 0.29) is 0 Å². The first-order valence-electron chi connectivity index (χ1n) is 10.3. The molecule has 0 aromatic heterocycles. The second-order valence-electron chi connectivity index (χ2n) is 9.00. The van der Waals surface area contributed by atoms with Crippen LogP contribution in [0.25, 0.3) is 5.57 Å². The Labute approximate surface area is 165 Å². The molecule has 27 heavy (non-hydrogen) atoms. The Kier molecular flexibility index (Phi) is 5.29. The molecule has 4 nitrogen and oxygen atoms in total. The van der Waals surface area contributed by atoms with Gasteiger partial charge in [-0.2, -0.15) is 0 Å². The lowest BCUT2D eigenvalue weighted by Gasteiger charge is -2.45. The molecule has 2 aliphatic carbocycles. The monoisotopic (exact) mass is 382 g/mol. The molecule has 4 rings (SSSR count). The smallest absolute Gasteiger partial charge is 0.128 e. The highest BCUT2D eigenvalue weighted by Gasteiger charge is 2.48. The summed E-state index contributed by atoms with van der Waals surface area (Å²) in [5.74, 6) is 1.38. The predicted molar refractivity (Wildman–Crippen MR) is 118 cm³/mol.